The molecule has 0 fully saturated rings. The number of carbonyl (C=O) groups is 5. The van der Waals surface area contributed by atoms with E-state index in [0.29, 0.717) is 45.0 Å². The van der Waals surface area contributed by atoms with Crippen molar-refractivity contribution < 1.29 is 47.0 Å². The van der Waals surface area contributed by atoms with Crippen LogP contribution >= 0.6 is 22.7 Å². The molecular weight excluding hydrogens is 915 g/mol. The lowest BCUT2D eigenvalue weighted by molar-refractivity contribution is -0.124. The molecule has 0 saturated carbocycles. The van der Waals surface area contributed by atoms with Gasteiger partial charge in [-0.25, -0.2) is 34.5 Å². The Morgan fingerprint density at radius 1 is 0.750 bits per heavy atom. The van der Waals surface area contributed by atoms with E-state index >= 15 is 0 Å². The van der Waals surface area contributed by atoms with E-state index in [1.54, 1.807) is 80.0 Å². The predicted octanol–water partition coefficient (Wildman–Crippen LogP) is 7.96. The van der Waals surface area contributed by atoms with Crippen LogP contribution in [0.25, 0.3) is 22.0 Å². The van der Waals surface area contributed by atoms with Crippen molar-refractivity contribution in [2.24, 2.45) is 5.92 Å². The minimum absolute atomic E-state index is 0.0182. The van der Waals surface area contributed by atoms with E-state index in [9.17, 15) is 24.0 Å². The van der Waals surface area contributed by atoms with Crippen molar-refractivity contribution in [2.45, 2.75) is 113 Å². The summed E-state index contributed by atoms with van der Waals surface area (Å²) in [6.07, 6.45) is -0.627. The molecule has 1 aromatic carbocycles. The maximum Gasteiger partial charge on any atom is 0.408 e. The summed E-state index contributed by atoms with van der Waals surface area (Å²) in [5.41, 5.74) is 2.54. The van der Waals surface area contributed by atoms with Crippen LogP contribution in [0.4, 0.5) is 4.79 Å². The van der Waals surface area contributed by atoms with Crippen LogP contribution < -0.4 is 21.3 Å². The molecule has 0 radical (unpaired) electrons. The van der Waals surface area contributed by atoms with Gasteiger partial charge in [0.1, 0.15) is 56.3 Å². The van der Waals surface area contributed by atoms with Gasteiger partial charge in [-0.05, 0) is 79.0 Å². The molecule has 0 unspecified atom stereocenters. The number of amides is 4. The fraction of sp³-hybridized carbons (Fsp3) is 0.404. The van der Waals surface area contributed by atoms with Crippen molar-refractivity contribution in [3.63, 3.8) is 0 Å². The molecule has 360 valence electrons. The van der Waals surface area contributed by atoms with E-state index < -0.39 is 53.5 Å². The van der Waals surface area contributed by atoms with Gasteiger partial charge in [-0.2, -0.15) is 0 Å². The van der Waals surface area contributed by atoms with Gasteiger partial charge >= 0.3 is 12.1 Å². The first-order valence-electron chi connectivity index (χ1n) is 21.8. The Labute approximate surface area is 401 Å². The number of oxazole rings is 2. The molecular formula is C47H55N9O10S2. The van der Waals surface area contributed by atoms with Gasteiger partial charge in [-0.1, -0.05) is 44.2 Å². The second kappa shape index (κ2) is 22.3. The van der Waals surface area contributed by atoms with Gasteiger partial charge in [-0.3, -0.25) is 14.4 Å². The van der Waals surface area contributed by atoms with Crippen LogP contribution in [0.2, 0.25) is 0 Å². The summed E-state index contributed by atoms with van der Waals surface area (Å²) in [5, 5.41) is 15.2. The van der Waals surface area contributed by atoms with Crippen LogP contribution in [0, 0.1) is 19.8 Å². The number of carbonyl (C=O) groups excluding carboxylic acids is 5. The second-order valence-electron chi connectivity index (χ2n) is 17.0. The van der Waals surface area contributed by atoms with Gasteiger partial charge in [-0.15, -0.1) is 22.7 Å². The van der Waals surface area contributed by atoms with Gasteiger partial charge in [0, 0.05) is 16.3 Å². The van der Waals surface area contributed by atoms with Crippen LogP contribution in [0.3, 0.4) is 0 Å². The third kappa shape index (κ3) is 13.2. The Kier molecular flexibility index (Phi) is 16.6. The third-order valence-corrected chi connectivity index (χ3v) is 11.8. The van der Waals surface area contributed by atoms with Crippen molar-refractivity contribution in [3.8, 4) is 22.0 Å². The minimum Gasteiger partial charge on any atom is -0.461 e. The topological polar surface area (TPSA) is 252 Å². The molecule has 6 aromatic rings. The monoisotopic (exact) mass is 969 g/mol. The number of hydrogen-bond acceptors (Lipinski definition) is 17. The van der Waals surface area contributed by atoms with E-state index in [1.165, 1.54) is 22.7 Å². The van der Waals surface area contributed by atoms with Gasteiger partial charge in [0.15, 0.2) is 11.4 Å². The van der Waals surface area contributed by atoms with E-state index in [1.807, 2.05) is 42.5 Å². The number of alkyl carbamates (subject to hydrolysis) is 1. The maximum absolute atomic E-state index is 13.8. The molecule has 19 nitrogen and oxygen atoms in total. The number of aryl methyl sites for hydroxylation is 2. The van der Waals surface area contributed by atoms with Crippen LogP contribution in [0.5, 0.6) is 0 Å². The zero-order valence-electron chi connectivity index (χ0n) is 39.5. The molecule has 4 N–H and O–H groups in total. The zero-order chi connectivity index (χ0) is 49.3. The lowest BCUT2D eigenvalue weighted by Crippen LogP contribution is -2.49. The van der Waals surface area contributed by atoms with Crippen LogP contribution in [-0.4, -0.2) is 73.0 Å². The Bertz CT molecular complexity index is 2740. The fourth-order valence-corrected chi connectivity index (χ4v) is 8.14. The summed E-state index contributed by atoms with van der Waals surface area (Å²) in [5.74, 6) is -1.55. The molecule has 5 heterocycles. The van der Waals surface area contributed by atoms with Crippen molar-refractivity contribution in [2.75, 3.05) is 6.61 Å². The summed E-state index contributed by atoms with van der Waals surface area (Å²) < 4.78 is 28.2. The van der Waals surface area contributed by atoms with Gasteiger partial charge in [0.05, 0.1) is 38.1 Å². The molecule has 0 aliphatic rings. The average molecular weight is 970 g/mol. The molecule has 5 aromatic heterocycles. The predicted molar refractivity (Wildman–Crippen MR) is 251 cm³/mol. The number of rotatable bonds is 19. The first-order chi connectivity index (χ1) is 32.3. The Hall–Kier alpha value is -6.84. The zero-order valence-corrected chi connectivity index (χ0v) is 41.1. The van der Waals surface area contributed by atoms with Crippen LogP contribution in [0.1, 0.15) is 139 Å². The third-order valence-electron chi connectivity index (χ3n) is 9.85. The molecule has 0 saturated heterocycles. The van der Waals surface area contributed by atoms with E-state index in [0.717, 1.165) is 5.56 Å². The first kappa shape index (κ1) is 50.6. The molecule has 3 atom stereocenters. The summed E-state index contributed by atoms with van der Waals surface area (Å²) in [7, 11) is 0. The first-order valence-corrected chi connectivity index (χ1v) is 23.6. The summed E-state index contributed by atoms with van der Waals surface area (Å²) in [6.45, 7) is 17.9. The SMILES string of the molecule is CCOC(=O)c1csc([C@H](C)NC(=O)c2nc(CNC(=O)[C@@H](NC(=O)c3csc(-c4ccc(COCc5ccccc5)nc4-c4nc([C@H](C)NC(=O)OC(C)(C)C)oc4C)n3)C(C)C)oc2C)n1. The molecule has 68 heavy (non-hydrogen) atoms. The van der Waals surface area contributed by atoms with E-state index in [-0.39, 0.29) is 60.3 Å². The molecule has 0 spiro atoms. The molecule has 0 aliphatic carbocycles. The highest BCUT2D eigenvalue weighted by Crippen LogP contribution is 2.35. The number of pyridine rings is 1. The molecule has 21 heteroatoms. The second-order valence-corrected chi connectivity index (χ2v) is 18.7. The van der Waals surface area contributed by atoms with Gasteiger partial charge in [0.25, 0.3) is 11.8 Å². The lowest BCUT2D eigenvalue weighted by Gasteiger charge is -2.21. The molecule has 0 aliphatic heterocycles. The maximum atomic E-state index is 13.8. The quantitative estimate of drug-likeness (QED) is 0.0562. The fourth-order valence-electron chi connectivity index (χ4n) is 6.52. The molecule has 0 bridgehead atoms. The van der Waals surface area contributed by atoms with E-state index in [4.69, 9.17) is 33.0 Å². The van der Waals surface area contributed by atoms with Crippen molar-refractivity contribution >= 4 is 52.5 Å². The Morgan fingerprint density at radius 3 is 2.19 bits per heavy atom. The summed E-state index contributed by atoms with van der Waals surface area (Å²) >= 11 is 2.41. The molecule has 6 rings (SSSR count). The van der Waals surface area contributed by atoms with Gasteiger partial charge < -0.3 is 44.3 Å². The van der Waals surface area contributed by atoms with Crippen molar-refractivity contribution in [1.82, 2.24) is 46.2 Å². The smallest absolute Gasteiger partial charge is 0.408 e. The Morgan fingerprint density at radius 2 is 1.49 bits per heavy atom. The molecule has 4 amide bonds. The highest BCUT2D eigenvalue weighted by molar-refractivity contribution is 7.13. The number of thiazole rings is 2. The van der Waals surface area contributed by atoms with Crippen molar-refractivity contribution in [3.05, 3.63) is 110 Å². The number of hydrogen-bond donors (Lipinski definition) is 4. The number of esters is 1. The number of nitrogens with zero attached hydrogens (tertiary/aromatic N) is 5. The van der Waals surface area contributed by atoms with Crippen molar-refractivity contribution in [1.29, 1.82) is 0 Å². The number of ether oxygens (including phenoxy) is 3. The normalized spacial score (nSPS) is 12.8. The lowest BCUT2D eigenvalue weighted by atomic mass is 10.0. The highest BCUT2D eigenvalue weighted by Gasteiger charge is 2.29. The Balaban J connectivity index is 1.14. The average Bonchev–Trinajstić information content (AvgIpc) is 4.11. The van der Waals surface area contributed by atoms with Gasteiger partial charge in [0.2, 0.25) is 17.7 Å². The highest BCUT2D eigenvalue weighted by atomic mass is 32.1. The summed E-state index contributed by atoms with van der Waals surface area (Å²) in [6, 6.07) is 11.2. The van der Waals surface area contributed by atoms with Crippen LogP contribution in [0.15, 0.2) is 62.1 Å². The van der Waals surface area contributed by atoms with Crippen LogP contribution in [-0.2, 0) is 38.8 Å². The summed E-state index contributed by atoms with van der Waals surface area (Å²) in [4.78, 5) is 88.1. The minimum atomic E-state index is -0.981. The largest absolute Gasteiger partial charge is 0.461 e. The standard InChI is InChI=1S/C47H55N9O10S2/c1-11-63-45(60)33-23-67-43(53-33)26(5)49-41(59)37-28(7)64-34(54-37)19-48-40(58)35(24(2)3)55-39(57)32-22-68-44(52-32)31-18-17-30(21-62-20-29-15-13-12-14-16-29)51-38(31)36-27(6)65-42(56-36)25(4)50-46(61)66-47(8,9)10/h12-18,22-26,35H,11,19-21H2,1-10H3,(H,48,58)(H,49,59)(H,50,61)(H,55,57)/t25-,26-,35-/m0/s1. The van der Waals surface area contributed by atoms with E-state index in [2.05, 4.69) is 36.2 Å². The number of benzene rings is 1. The number of nitrogens with one attached hydrogen (secondary N) is 4. The number of aromatic nitrogens is 5.